The molecule has 1 amide bonds. The van der Waals surface area contributed by atoms with Crippen molar-refractivity contribution in [2.75, 3.05) is 32.1 Å². The molecule has 3 aromatic rings. The molecule has 2 heterocycles. The number of nitrogens with zero attached hydrogens (tertiary/aromatic N) is 2. The standard InChI is InChI=1S/C26H31N3O4/c1-3-29-23-10-9-20(13-24(23)33-26(29)31)27-25(30)16-28-14-19-8-7-18(22(19)15-28)11-17-5-4-6-21(12-17)32-2/h4-6,9-10,12-13,18-19,22H,3,7-8,11,14-16H2,1-2H3,(H,27,30)/t18-,19-,22-/m1/s1. The smallest absolute Gasteiger partial charge is 0.419 e. The molecular formula is C26H31N3O4. The molecule has 174 valence electrons. The zero-order valence-corrected chi connectivity index (χ0v) is 19.3. The van der Waals surface area contributed by atoms with Crippen molar-refractivity contribution < 1.29 is 13.9 Å². The van der Waals surface area contributed by atoms with Crippen LogP contribution >= 0.6 is 0 Å². The molecule has 0 radical (unpaired) electrons. The second kappa shape index (κ2) is 9.06. The number of hydrogen-bond donors (Lipinski definition) is 1. The van der Waals surface area contributed by atoms with Gasteiger partial charge in [-0.05, 0) is 73.8 Å². The van der Waals surface area contributed by atoms with Crippen LogP contribution in [-0.2, 0) is 17.8 Å². The molecule has 7 heteroatoms. The third-order valence-electron chi connectivity index (χ3n) is 7.35. The van der Waals surface area contributed by atoms with Gasteiger partial charge < -0.3 is 14.5 Å². The van der Waals surface area contributed by atoms with Crippen molar-refractivity contribution in [3.05, 3.63) is 58.6 Å². The van der Waals surface area contributed by atoms with Crippen molar-refractivity contribution in [3.8, 4) is 5.75 Å². The van der Waals surface area contributed by atoms with Crippen LogP contribution in [0.15, 0.2) is 51.7 Å². The fourth-order valence-corrected chi connectivity index (χ4v) is 5.80. The summed E-state index contributed by atoms with van der Waals surface area (Å²) in [7, 11) is 1.71. The number of aromatic nitrogens is 1. The molecular weight excluding hydrogens is 418 g/mol. The van der Waals surface area contributed by atoms with Crippen LogP contribution in [0.25, 0.3) is 11.1 Å². The zero-order chi connectivity index (χ0) is 22.9. The monoisotopic (exact) mass is 449 g/mol. The first kappa shape index (κ1) is 21.8. The summed E-state index contributed by atoms with van der Waals surface area (Å²) < 4.78 is 12.3. The van der Waals surface area contributed by atoms with Crippen LogP contribution < -0.4 is 15.8 Å². The SMILES string of the molecule is CCn1c(=O)oc2cc(NC(=O)CN3C[C@H]4CC[C@H](Cc5cccc(OC)c5)[C@H]4C3)ccc21. The highest BCUT2D eigenvalue weighted by Gasteiger charge is 2.42. The van der Waals surface area contributed by atoms with Crippen molar-refractivity contribution in [1.82, 2.24) is 9.47 Å². The second-order valence-electron chi connectivity index (χ2n) is 9.35. The van der Waals surface area contributed by atoms with Crippen LogP contribution in [0.4, 0.5) is 5.69 Å². The van der Waals surface area contributed by atoms with Crippen molar-refractivity contribution in [1.29, 1.82) is 0 Å². The van der Waals surface area contributed by atoms with Crippen LogP contribution in [0, 0.1) is 17.8 Å². The molecule has 2 aromatic carbocycles. The molecule has 33 heavy (non-hydrogen) atoms. The highest BCUT2D eigenvalue weighted by atomic mass is 16.5. The normalized spacial score (nSPS) is 22.5. The molecule has 7 nitrogen and oxygen atoms in total. The Morgan fingerprint density at radius 1 is 1.18 bits per heavy atom. The van der Waals surface area contributed by atoms with Crippen molar-refractivity contribution in [2.24, 2.45) is 17.8 Å². The summed E-state index contributed by atoms with van der Waals surface area (Å²) in [5.41, 5.74) is 3.22. The summed E-state index contributed by atoms with van der Waals surface area (Å²) in [5.74, 6) is 2.48. The number of rotatable bonds is 7. The van der Waals surface area contributed by atoms with E-state index in [1.54, 1.807) is 17.7 Å². The number of hydrogen-bond acceptors (Lipinski definition) is 5. The Morgan fingerprint density at radius 3 is 2.88 bits per heavy atom. The quantitative estimate of drug-likeness (QED) is 0.594. The highest BCUT2D eigenvalue weighted by Crippen LogP contribution is 2.43. The molecule has 1 saturated heterocycles. The van der Waals surface area contributed by atoms with Crippen LogP contribution in [0.2, 0.25) is 0 Å². The van der Waals surface area contributed by atoms with Crippen LogP contribution in [0.5, 0.6) is 5.75 Å². The summed E-state index contributed by atoms with van der Waals surface area (Å²) in [6.45, 7) is 4.79. The third-order valence-corrected chi connectivity index (χ3v) is 7.35. The predicted octanol–water partition coefficient (Wildman–Crippen LogP) is 3.76. The summed E-state index contributed by atoms with van der Waals surface area (Å²) in [5, 5.41) is 2.97. The van der Waals surface area contributed by atoms with Gasteiger partial charge in [-0.3, -0.25) is 14.3 Å². The molecule has 1 saturated carbocycles. The summed E-state index contributed by atoms with van der Waals surface area (Å²) in [6.07, 6.45) is 3.57. The molecule has 0 unspecified atom stereocenters. The van der Waals surface area contributed by atoms with Gasteiger partial charge in [0.1, 0.15) is 5.75 Å². The lowest BCUT2D eigenvalue weighted by Gasteiger charge is -2.21. The van der Waals surface area contributed by atoms with E-state index in [-0.39, 0.29) is 11.7 Å². The van der Waals surface area contributed by atoms with E-state index in [4.69, 9.17) is 9.15 Å². The lowest BCUT2D eigenvalue weighted by Crippen LogP contribution is -2.32. The van der Waals surface area contributed by atoms with Gasteiger partial charge in [0.05, 0.1) is 19.2 Å². The van der Waals surface area contributed by atoms with E-state index >= 15 is 0 Å². The number of ether oxygens (including phenoxy) is 1. The Hall–Kier alpha value is -3.06. The number of benzene rings is 2. The largest absolute Gasteiger partial charge is 0.497 e. The molecule has 0 bridgehead atoms. The molecule has 1 aliphatic carbocycles. The lowest BCUT2D eigenvalue weighted by atomic mass is 9.87. The van der Waals surface area contributed by atoms with Gasteiger partial charge in [0.2, 0.25) is 5.91 Å². The maximum atomic E-state index is 12.7. The van der Waals surface area contributed by atoms with E-state index in [9.17, 15) is 9.59 Å². The average molecular weight is 450 g/mol. The van der Waals surface area contributed by atoms with Crippen molar-refractivity contribution >= 4 is 22.7 Å². The predicted molar refractivity (Wildman–Crippen MR) is 128 cm³/mol. The zero-order valence-electron chi connectivity index (χ0n) is 19.3. The van der Waals surface area contributed by atoms with Gasteiger partial charge in [0.15, 0.2) is 5.58 Å². The first-order valence-electron chi connectivity index (χ1n) is 11.8. The maximum Gasteiger partial charge on any atom is 0.419 e. The summed E-state index contributed by atoms with van der Waals surface area (Å²) in [4.78, 5) is 26.9. The summed E-state index contributed by atoms with van der Waals surface area (Å²) in [6, 6.07) is 13.7. The van der Waals surface area contributed by atoms with Gasteiger partial charge in [-0.15, -0.1) is 0 Å². The minimum absolute atomic E-state index is 0.0315. The van der Waals surface area contributed by atoms with Gasteiger partial charge >= 0.3 is 5.76 Å². The topological polar surface area (TPSA) is 76.7 Å². The minimum atomic E-state index is -0.372. The van der Waals surface area contributed by atoms with Gasteiger partial charge in [-0.1, -0.05) is 12.1 Å². The number of fused-ring (bicyclic) bond motifs is 2. The van der Waals surface area contributed by atoms with Crippen LogP contribution in [-0.4, -0.2) is 42.1 Å². The van der Waals surface area contributed by atoms with E-state index in [1.165, 1.54) is 18.4 Å². The van der Waals surface area contributed by atoms with Crippen LogP contribution in [0.1, 0.15) is 25.3 Å². The summed E-state index contributed by atoms with van der Waals surface area (Å²) >= 11 is 0. The van der Waals surface area contributed by atoms with E-state index in [1.807, 2.05) is 25.1 Å². The van der Waals surface area contributed by atoms with E-state index < -0.39 is 0 Å². The number of methoxy groups -OCH3 is 1. The Labute approximate surface area is 193 Å². The van der Waals surface area contributed by atoms with E-state index in [2.05, 4.69) is 28.4 Å². The van der Waals surface area contributed by atoms with Crippen molar-refractivity contribution in [3.63, 3.8) is 0 Å². The number of aryl methyl sites for hydroxylation is 1. The fourth-order valence-electron chi connectivity index (χ4n) is 5.80. The maximum absolute atomic E-state index is 12.7. The second-order valence-corrected chi connectivity index (χ2v) is 9.35. The first-order valence-corrected chi connectivity index (χ1v) is 11.8. The van der Waals surface area contributed by atoms with Gasteiger partial charge in [0.25, 0.3) is 0 Å². The lowest BCUT2D eigenvalue weighted by molar-refractivity contribution is -0.117. The van der Waals surface area contributed by atoms with Gasteiger partial charge in [-0.25, -0.2) is 4.79 Å². The Morgan fingerprint density at radius 2 is 2.06 bits per heavy atom. The number of anilines is 1. The molecule has 1 aromatic heterocycles. The average Bonchev–Trinajstić information content (AvgIpc) is 3.46. The minimum Gasteiger partial charge on any atom is -0.497 e. The number of nitrogens with one attached hydrogen (secondary N) is 1. The Bertz CT molecular complexity index is 1210. The molecule has 2 aliphatic rings. The molecule has 1 aliphatic heterocycles. The highest BCUT2D eigenvalue weighted by molar-refractivity contribution is 5.94. The molecule has 5 rings (SSSR count). The number of amides is 1. The Kier molecular flexibility index (Phi) is 5.98. The van der Waals surface area contributed by atoms with E-state index in [0.717, 1.165) is 30.8 Å². The van der Waals surface area contributed by atoms with Gasteiger partial charge in [-0.2, -0.15) is 0 Å². The number of likely N-dealkylation sites (tertiary alicyclic amines) is 1. The third kappa shape index (κ3) is 4.42. The number of carbonyl (C=O) groups is 1. The molecule has 3 atom stereocenters. The van der Waals surface area contributed by atoms with E-state index in [0.29, 0.717) is 42.1 Å². The Balaban J connectivity index is 1.18. The van der Waals surface area contributed by atoms with Gasteiger partial charge in [0, 0.05) is 31.4 Å². The molecule has 0 spiro atoms. The number of carbonyl (C=O) groups excluding carboxylic acids is 1. The first-order chi connectivity index (χ1) is 16.0. The molecule has 2 fully saturated rings. The van der Waals surface area contributed by atoms with Crippen LogP contribution in [0.3, 0.4) is 0 Å². The fraction of sp³-hybridized carbons (Fsp3) is 0.462. The van der Waals surface area contributed by atoms with Crippen molar-refractivity contribution in [2.45, 2.75) is 32.7 Å². The molecule has 1 N–H and O–H groups in total. The number of oxazole rings is 1.